The monoisotopic (exact) mass is 1130 g/mol. The Morgan fingerprint density at radius 1 is 0.321 bits per heavy atom. The van der Waals surface area contributed by atoms with Crippen LogP contribution in [0.3, 0.4) is 0 Å². The van der Waals surface area contributed by atoms with Crippen molar-refractivity contribution in [2.24, 2.45) is 0 Å². The van der Waals surface area contributed by atoms with Crippen molar-refractivity contribution < 1.29 is 19.2 Å². The van der Waals surface area contributed by atoms with Gasteiger partial charge in [0.05, 0.1) is 22.8 Å². The van der Waals surface area contributed by atoms with Gasteiger partial charge in [0.1, 0.15) is 0 Å². The van der Waals surface area contributed by atoms with Crippen LogP contribution in [0.5, 0.6) is 0 Å². The van der Waals surface area contributed by atoms with Gasteiger partial charge in [-0.3, -0.25) is 19.2 Å². The molecule has 16 heteroatoms. The summed E-state index contributed by atoms with van der Waals surface area (Å²) in [6, 6.07) is 38.7. The van der Waals surface area contributed by atoms with Crippen LogP contribution in [-0.2, 0) is 0 Å². The summed E-state index contributed by atoms with van der Waals surface area (Å²) >= 11 is 0. The normalized spacial score (nSPS) is 12.0. The van der Waals surface area contributed by atoms with Crippen LogP contribution in [0.15, 0.2) is 121 Å². The maximum atomic E-state index is 13.4. The smallest absolute Gasteiger partial charge is 0.251 e. The summed E-state index contributed by atoms with van der Waals surface area (Å²) in [5.74, 6) is -0.568. The zero-order valence-electron chi connectivity index (χ0n) is 49.7. The number of rotatable bonds is 24. The fourth-order valence-electron chi connectivity index (χ4n) is 10.4. The van der Waals surface area contributed by atoms with Crippen molar-refractivity contribution >= 4 is 70.0 Å². The highest BCUT2D eigenvalue weighted by Gasteiger charge is 2.21. The number of carbonyl (C=O) groups excluding carboxylic acids is 4. The Balaban J connectivity index is 1.24. The van der Waals surface area contributed by atoms with Gasteiger partial charge in [-0.25, -0.2) is 9.97 Å². The van der Waals surface area contributed by atoms with E-state index >= 15 is 0 Å². The molecule has 84 heavy (non-hydrogen) atoms. The fraction of sp³-hybridized carbons (Fsp3) is 0.294. The van der Waals surface area contributed by atoms with Gasteiger partial charge in [-0.2, -0.15) is 0 Å². The Bertz CT molecular complexity index is 3230. The Hall–Kier alpha value is -8.80. The number of hydrogen-bond donors (Lipinski definition) is 6. The second-order valence-corrected chi connectivity index (χ2v) is 22.5. The Kier molecular flexibility index (Phi) is 19.9. The van der Waals surface area contributed by atoms with E-state index in [0.29, 0.717) is 71.2 Å². The number of hydrogen-bond acceptors (Lipinski definition) is 10. The largest absolute Gasteiger partial charge is 0.354 e. The summed E-state index contributed by atoms with van der Waals surface area (Å²) in [5, 5.41) is 12.3. The van der Waals surface area contributed by atoms with E-state index in [1.165, 1.54) is 0 Å². The van der Waals surface area contributed by atoms with Crippen LogP contribution in [0.2, 0.25) is 0 Å². The molecule has 6 N–H and O–H groups in total. The molecular weight excluding hydrogens is 1050 g/mol. The topological polar surface area (TPSA) is 187 Å². The first-order chi connectivity index (χ1) is 40.6. The van der Waals surface area contributed by atoms with E-state index in [-0.39, 0.29) is 23.6 Å². The van der Waals surface area contributed by atoms with E-state index in [9.17, 15) is 19.2 Å². The third-order valence-electron chi connectivity index (χ3n) is 14.8. The molecule has 0 atom stereocenters. The van der Waals surface area contributed by atoms with Gasteiger partial charge in [0, 0.05) is 92.8 Å². The minimum Gasteiger partial charge on any atom is -0.354 e. The standard InChI is InChI=1S/C68H78N12O4/c1-77(2)41-9-37-69-65(81)49-21-13-45(14-22-49)61-53-29-31-55(73-53)62(46-15-23-50(24-16-46)66(82)70-38-10-42-78(3)4)57-33-35-59(75-57)64(48-19-27-52(28-20-48)68(84)72-40-12-44-80(7)8)60-36-34-58(76-60)63(56-32-30-54(61)74-56)47-17-25-51(26-18-47)67(83)71-39-11-43-79(5)6/h13-36,73,76H,9-12,37-44H2,1-8H3,(H,69,81)(H,70,82)(H,71,83)(H,72,84). The van der Waals surface area contributed by atoms with E-state index in [1.807, 2.05) is 202 Å². The summed E-state index contributed by atoms with van der Waals surface area (Å²) < 4.78 is 0. The molecule has 7 aromatic rings. The molecule has 4 aromatic carbocycles. The number of H-pyrrole nitrogens is 2. The molecule has 0 spiro atoms. The van der Waals surface area contributed by atoms with Crippen molar-refractivity contribution in [2.75, 3.05) is 109 Å². The molecule has 0 aliphatic carbocycles. The average Bonchev–Trinajstić information content (AvgIpc) is 4.47. The van der Waals surface area contributed by atoms with Crippen LogP contribution in [0.4, 0.5) is 0 Å². The third kappa shape index (κ3) is 15.1. The van der Waals surface area contributed by atoms with Crippen LogP contribution in [0.1, 0.15) is 89.9 Å². The molecule has 4 amide bonds. The minimum absolute atomic E-state index is 0.142. The number of benzene rings is 4. The highest BCUT2D eigenvalue weighted by molar-refractivity contribution is 6.02. The van der Waals surface area contributed by atoms with Gasteiger partial charge >= 0.3 is 0 Å². The lowest BCUT2D eigenvalue weighted by molar-refractivity contribution is 0.0944. The van der Waals surface area contributed by atoms with Crippen molar-refractivity contribution in [3.8, 4) is 44.5 Å². The van der Waals surface area contributed by atoms with Crippen LogP contribution in [0.25, 0.3) is 90.9 Å². The summed E-state index contributed by atoms with van der Waals surface area (Å²) in [4.78, 5) is 80.7. The molecule has 8 bridgehead atoms. The molecule has 5 heterocycles. The van der Waals surface area contributed by atoms with E-state index < -0.39 is 0 Å². The molecule has 0 saturated heterocycles. The molecule has 0 saturated carbocycles. The van der Waals surface area contributed by atoms with Gasteiger partial charge in [0.15, 0.2) is 0 Å². The summed E-state index contributed by atoms with van der Waals surface area (Å²) in [6.45, 7) is 5.71. The van der Waals surface area contributed by atoms with E-state index in [2.05, 4.69) is 50.8 Å². The first kappa shape index (κ1) is 59.8. The van der Waals surface area contributed by atoms with E-state index in [4.69, 9.17) is 9.97 Å². The lowest BCUT2D eigenvalue weighted by atomic mass is 10.0. The van der Waals surface area contributed by atoms with Gasteiger partial charge in [0.2, 0.25) is 0 Å². The van der Waals surface area contributed by atoms with Crippen molar-refractivity contribution in [3.63, 3.8) is 0 Å². The molecular formula is C68H78N12O4. The third-order valence-corrected chi connectivity index (χ3v) is 14.8. The van der Waals surface area contributed by atoms with Crippen molar-refractivity contribution in [2.45, 2.75) is 25.7 Å². The number of aromatic amines is 2. The minimum atomic E-state index is -0.142. The zero-order chi connectivity index (χ0) is 59.3. The Morgan fingerprint density at radius 2 is 0.524 bits per heavy atom. The number of aromatic nitrogens is 4. The second-order valence-electron chi connectivity index (χ2n) is 22.5. The van der Waals surface area contributed by atoms with Crippen molar-refractivity contribution in [3.05, 3.63) is 166 Å². The predicted molar refractivity (Wildman–Crippen MR) is 343 cm³/mol. The average molecular weight is 1130 g/mol. The number of fused-ring (bicyclic) bond motifs is 8. The van der Waals surface area contributed by atoms with E-state index in [1.54, 1.807) is 0 Å². The SMILES string of the molecule is CN(C)CCCNC(=O)c1ccc(-c2c3nc(c(-c4ccc(C(=O)NCCCN(C)C)cc4)c4ccc([nH]4)c(-c4ccc(C(=O)NCCCN(C)C)cc4)c4nc(c(-c5ccc(C(=O)NCCCN(C)C)cc5)c5ccc2[nH]5)C=C4)C=C3)cc1. The molecule has 2 aliphatic heterocycles. The Labute approximate surface area is 493 Å². The van der Waals surface area contributed by atoms with E-state index in [0.717, 1.165) is 118 Å². The molecule has 0 radical (unpaired) electrons. The van der Waals surface area contributed by atoms with Gasteiger partial charge in [-0.1, -0.05) is 48.5 Å². The van der Waals surface area contributed by atoms with Crippen LogP contribution < -0.4 is 21.3 Å². The van der Waals surface area contributed by atoms with Crippen LogP contribution in [-0.4, -0.2) is 172 Å². The fourth-order valence-corrected chi connectivity index (χ4v) is 10.4. The van der Waals surface area contributed by atoms with Crippen molar-refractivity contribution in [1.29, 1.82) is 0 Å². The zero-order valence-corrected chi connectivity index (χ0v) is 49.7. The molecule has 0 fully saturated rings. The van der Waals surface area contributed by atoms with Gasteiger partial charge in [-0.05, 0) is 228 Å². The molecule has 434 valence electrons. The summed E-state index contributed by atoms with van der Waals surface area (Å²) in [7, 11) is 16.1. The summed E-state index contributed by atoms with van der Waals surface area (Å²) in [5.41, 5.74) is 14.7. The highest BCUT2D eigenvalue weighted by atomic mass is 16.2. The van der Waals surface area contributed by atoms with Crippen molar-refractivity contribution in [1.82, 2.24) is 60.8 Å². The van der Waals surface area contributed by atoms with Gasteiger partial charge in [0.25, 0.3) is 23.6 Å². The van der Waals surface area contributed by atoms with Crippen LogP contribution >= 0.6 is 0 Å². The maximum Gasteiger partial charge on any atom is 0.251 e. The first-order valence-corrected chi connectivity index (χ1v) is 28.9. The predicted octanol–water partition coefficient (Wildman–Crippen LogP) is 10.0. The maximum absolute atomic E-state index is 13.4. The molecule has 2 aliphatic rings. The van der Waals surface area contributed by atoms with Gasteiger partial charge in [-0.15, -0.1) is 0 Å². The van der Waals surface area contributed by atoms with Crippen LogP contribution in [0, 0.1) is 0 Å². The first-order valence-electron chi connectivity index (χ1n) is 28.9. The highest BCUT2D eigenvalue weighted by Crippen LogP contribution is 2.39. The second kappa shape index (κ2) is 28.0. The number of carbonyl (C=O) groups is 4. The molecule has 16 nitrogen and oxygen atoms in total. The Morgan fingerprint density at radius 3 is 0.714 bits per heavy atom. The number of amides is 4. The molecule has 9 rings (SSSR count). The quantitative estimate of drug-likeness (QED) is 0.0318. The lowest BCUT2D eigenvalue weighted by Gasteiger charge is -2.11. The lowest BCUT2D eigenvalue weighted by Crippen LogP contribution is -2.27. The molecule has 3 aromatic heterocycles. The molecule has 0 unspecified atom stereocenters. The number of nitrogens with zero attached hydrogens (tertiary/aromatic N) is 6. The number of nitrogens with one attached hydrogen (secondary N) is 6. The summed E-state index contributed by atoms with van der Waals surface area (Å²) in [6.07, 6.45) is 11.4. The van der Waals surface area contributed by atoms with Gasteiger partial charge < -0.3 is 50.8 Å².